The Bertz CT molecular complexity index is 953. The average Bonchev–Trinajstić information content (AvgIpc) is 2.93. The van der Waals surface area contributed by atoms with Crippen LogP contribution in [0.3, 0.4) is 0 Å². The number of aromatic nitrogens is 1. The standard InChI is InChI=1S/C22H26BrN3O3/c1-22(2,3)29-21(27)26-10-8-17-15(14-26)6-5-7-20(17)28-11-9-19-18(23)12-16(13-24)25(19)4/h5-7,12H,8-11,14H2,1-4H3. The highest BCUT2D eigenvalue weighted by Crippen LogP contribution is 2.29. The van der Waals surface area contributed by atoms with Gasteiger partial charge in [-0.05, 0) is 60.8 Å². The summed E-state index contributed by atoms with van der Waals surface area (Å²) in [5, 5.41) is 9.16. The maximum atomic E-state index is 12.4. The largest absolute Gasteiger partial charge is 0.493 e. The molecule has 0 fully saturated rings. The lowest BCUT2D eigenvalue weighted by Crippen LogP contribution is -2.40. The smallest absolute Gasteiger partial charge is 0.410 e. The van der Waals surface area contributed by atoms with Crippen LogP contribution in [0.25, 0.3) is 0 Å². The molecular weight excluding hydrogens is 434 g/mol. The van der Waals surface area contributed by atoms with Crippen molar-refractivity contribution in [3.63, 3.8) is 0 Å². The number of rotatable bonds is 4. The van der Waals surface area contributed by atoms with Crippen molar-refractivity contribution in [1.29, 1.82) is 5.26 Å². The molecule has 6 nitrogen and oxygen atoms in total. The molecule has 1 aliphatic heterocycles. The van der Waals surface area contributed by atoms with Crippen molar-refractivity contribution in [3.8, 4) is 11.8 Å². The fourth-order valence-corrected chi connectivity index (χ4v) is 4.13. The molecule has 154 valence electrons. The summed E-state index contributed by atoms with van der Waals surface area (Å²) in [5.41, 5.74) is 3.38. The van der Waals surface area contributed by atoms with Gasteiger partial charge in [-0.2, -0.15) is 5.26 Å². The highest BCUT2D eigenvalue weighted by Gasteiger charge is 2.27. The minimum atomic E-state index is -0.501. The van der Waals surface area contributed by atoms with Crippen molar-refractivity contribution in [1.82, 2.24) is 9.47 Å². The topological polar surface area (TPSA) is 67.5 Å². The minimum absolute atomic E-state index is 0.281. The molecule has 1 amide bonds. The van der Waals surface area contributed by atoms with Crippen molar-refractivity contribution in [2.45, 2.75) is 45.8 Å². The summed E-state index contributed by atoms with van der Waals surface area (Å²) >= 11 is 3.52. The summed E-state index contributed by atoms with van der Waals surface area (Å²) in [7, 11) is 1.88. The van der Waals surface area contributed by atoms with Gasteiger partial charge in [0.1, 0.15) is 23.1 Å². The van der Waals surface area contributed by atoms with E-state index in [2.05, 4.69) is 22.0 Å². The van der Waals surface area contributed by atoms with Crippen LogP contribution < -0.4 is 4.74 Å². The van der Waals surface area contributed by atoms with Crippen molar-refractivity contribution in [3.05, 3.63) is 51.3 Å². The number of hydrogen-bond acceptors (Lipinski definition) is 4. The van der Waals surface area contributed by atoms with Gasteiger partial charge in [-0.3, -0.25) is 0 Å². The molecule has 0 bridgehead atoms. The third kappa shape index (κ3) is 4.94. The summed E-state index contributed by atoms with van der Waals surface area (Å²) in [6, 6.07) is 9.97. The number of amides is 1. The normalized spacial score (nSPS) is 13.6. The summed E-state index contributed by atoms with van der Waals surface area (Å²) in [6.45, 7) is 7.26. The third-order valence-corrected chi connectivity index (χ3v) is 5.58. The van der Waals surface area contributed by atoms with Crippen molar-refractivity contribution < 1.29 is 14.3 Å². The molecule has 0 unspecified atom stereocenters. The SMILES string of the molecule is Cn1c(C#N)cc(Br)c1CCOc1cccc2c1CCN(C(=O)OC(C)(C)C)C2. The summed E-state index contributed by atoms with van der Waals surface area (Å²) in [6.07, 6.45) is 1.14. The maximum absolute atomic E-state index is 12.4. The Balaban J connectivity index is 1.65. The molecule has 7 heteroatoms. The number of fused-ring (bicyclic) bond motifs is 1. The van der Waals surface area contributed by atoms with Gasteiger partial charge in [0.25, 0.3) is 0 Å². The molecule has 1 aliphatic rings. The zero-order chi connectivity index (χ0) is 21.2. The van der Waals surface area contributed by atoms with E-state index in [0.717, 1.165) is 33.5 Å². The van der Waals surface area contributed by atoms with Gasteiger partial charge in [0, 0.05) is 42.3 Å². The number of nitrogens with zero attached hydrogens (tertiary/aromatic N) is 3. The Kier molecular flexibility index (Phi) is 6.23. The number of benzene rings is 1. The highest BCUT2D eigenvalue weighted by molar-refractivity contribution is 9.10. The molecule has 0 radical (unpaired) electrons. The molecular formula is C22H26BrN3O3. The summed E-state index contributed by atoms with van der Waals surface area (Å²) in [5.74, 6) is 0.858. The van der Waals surface area contributed by atoms with Crippen molar-refractivity contribution >= 4 is 22.0 Å². The number of halogens is 1. The van der Waals surface area contributed by atoms with Crippen LogP contribution >= 0.6 is 15.9 Å². The van der Waals surface area contributed by atoms with Crippen LogP contribution in [0.2, 0.25) is 0 Å². The molecule has 2 aromatic rings. The summed E-state index contributed by atoms with van der Waals surface area (Å²) < 4.78 is 14.4. The van der Waals surface area contributed by atoms with Gasteiger partial charge in [0.05, 0.1) is 6.61 Å². The second kappa shape index (κ2) is 8.50. The van der Waals surface area contributed by atoms with Crippen LogP contribution in [-0.2, 0) is 31.2 Å². The molecule has 3 rings (SSSR count). The lowest BCUT2D eigenvalue weighted by atomic mass is 9.99. The van der Waals surface area contributed by atoms with Crippen LogP contribution in [0.4, 0.5) is 4.79 Å². The molecule has 0 atom stereocenters. The fourth-order valence-electron chi connectivity index (χ4n) is 3.45. The lowest BCUT2D eigenvalue weighted by molar-refractivity contribution is 0.0223. The molecule has 0 saturated heterocycles. The second-order valence-electron chi connectivity index (χ2n) is 8.14. The summed E-state index contributed by atoms with van der Waals surface area (Å²) in [4.78, 5) is 14.1. The van der Waals surface area contributed by atoms with Gasteiger partial charge in [0.15, 0.2) is 0 Å². The average molecular weight is 460 g/mol. The molecule has 0 saturated carbocycles. The van der Waals surface area contributed by atoms with E-state index in [1.165, 1.54) is 0 Å². The van der Waals surface area contributed by atoms with E-state index in [-0.39, 0.29) is 6.09 Å². The van der Waals surface area contributed by atoms with Crippen LogP contribution in [0.5, 0.6) is 5.75 Å². The van der Waals surface area contributed by atoms with Gasteiger partial charge in [-0.1, -0.05) is 12.1 Å². The Morgan fingerprint density at radius 2 is 2.10 bits per heavy atom. The lowest BCUT2D eigenvalue weighted by Gasteiger charge is -2.31. The van der Waals surface area contributed by atoms with Crippen LogP contribution in [0, 0.1) is 11.3 Å². The number of carbonyl (C=O) groups excluding carboxylic acids is 1. The molecule has 1 aromatic carbocycles. The van der Waals surface area contributed by atoms with Crippen LogP contribution in [0.1, 0.15) is 43.3 Å². The quantitative estimate of drug-likeness (QED) is 0.670. The predicted octanol–water partition coefficient (Wildman–Crippen LogP) is 4.57. The molecule has 0 spiro atoms. The van der Waals surface area contributed by atoms with Gasteiger partial charge in [0.2, 0.25) is 0 Å². The van der Waals surface area contributed by atoms with E-state index in [1.54, 1.807) is 4.90 Å². The Morgan fingerprint density at radius 3 is 2.76 bits per heavy atom. The van der Waals surface area contributed by atoms with E-state index in [4.69, 9.17) is 14.7 Å². The van der Waals surface area contributed by atoms with Gasteiger partial charge >= 0.3 is 6.09 Å². The van der Waals surface area contributed by atoms with E-state index in [0.29, 0.717) is 31.8 Å². The van der Waals surface area contributed by atoms with E-state index in [9.17, 15) is 4.79 Å². The van der Waals surface area contributed by atoms with E-state index < -0.39 is 5.60 Å². The maximum Gasteiger partial charge on any atom is 0.410 e. The minimum Gasteiger partial charge on any atom is -0.493 e. The van der Waals surface area contributed by atoms with Crippen LogP contribution in [0.15, 0.2) is 28.7 Å². The number of hydrogen-bond donors (Lipinski definition) is 0. The number of carbonyl (C=O) groups is 1. The molecule has 0 N–H and O–H groups in total. The Morgan fingerprint density at radius 1 is 1.34 bits per heavy atom. The van der Waals surface area contributed by atoms with Crippen molar-refractivity contribution in [2.24, 2.45) is 7.05 Å². The third-order valence-electron chi connectivity index (χ3n) is 4.89. The molecule has 1 aromatic heterocycles. The van der Waals surface area contributed by atoms with Crippen molar-refractivity contribution in [2.75, 3.05) is 13.2 Å². The first-order valence-corrected chi connectivity index (χ1v) is 10.4. The monoisotopic (exact) mass is 459 g/mol. The first-order chi connectivity index (χ1) is 13.7. The van der Waals surface area contributed by atoms with E-state index >= 15 is 0 Å². The van der Waals surface area contributed by atoms with Gasteiger partial charge in [-0.15, -0.1) is 0 Å². The molecule has 2 heterocycles. The molecule has 29 heavy (non-hydrogen) atoms. The Hall–Kier alpha value is -2.46. The Labute approximate surface area is 180 Å². The van der Waals surface area contributed by atoms with Gasteiger partial charge < -0.3 is 18.9 Å². The van der Waals surface area contributed by atoms with Crippen LogP contribution in [-0.4, -0.2) is 34.3 Å². The second-order valence-corrected chi connectivity index (χ2v) is 8.99. The number of nitriles is 1. The zero-order valence-corrected chi connectivity index (χ0v) is 18.9. The highest BCUT2D eigenvalue weighted by atomic mass is 79.9. The molecule has 0 aliphatic carbocycles. The zero-order valence-electron chi connectivity index (χ0n) is 17.3. The first kappa shape index (κ1) is 21.3. The van der Waals surface area contributed by atoms with E-state index in [1.807, 2.05) is 56.7 Å². The van der Waals surface area contributed by atoms with Gasteiger partial charge in [-0.25, -0.2) is 4.79 Å². The first-order valence-electron chi connectivity index (χ1n) is 9.65. The number of ether oxygens (including phenoxy) is 2. The fraction of sp³-hybridized carbons (Fsp3) is 0.455. The predicted molar refractivity (Wildman–Crippen MR) is 114 cm³/mol.